The largest absolute Gasteiger partial charge is 0.496 e. The van der Waals surface area contributed by atoms with Gasteiger partial charge in [-0.05, 0) is 43.0 Å². The van der Waals surface area contributed by atoms with Crippen molar-refractivity contribution in [2.75, 3.05) is 7.11 Å². The van der Waals surface area contributed by atoms with Crippen molar-refractivity contribution in [3.05, 3.63) is 64.7 Å². The molecule has 2 aromatic carbocycles. The van der Waals surface area contributed by atoms with E-state index in [-0.39, 0.29) is 6.04 Å². The van der Waals surface area contributed by atoms with Gasteiger partial charge in [-0.1, -0.05) is 42.0 Å². The molecule has 3 N–H and O–H groups in total. The Hall–Kier alpha value is -1.84. The highest BCUT2D eigenvalue weighted by Crippen LogP contribution is 2.25. The Morgan fingerprint density at radius 3 is 2.60 bits per heavy atom. The van der Waals surface area contributed by atoms with Gasteiger partial charge in [-0.3, -0.25) is 11.3 Å². The highest BCUT2D eigenvalue weighted by Gasteiger charge is 2.12. The van der Waals surface area contributed by atoms with E-state index in [1.165, 1.54) is 11.1 Å². The number of nitrogens with one attached hydrogen (secondary N) is 1. The number of hydrogen-bond donors (Lipinski definition) is 2. The van der Waals surface area contributed by atoms with Gasteiger partial charge >= 0.3 is 0 Å². The molecule has 0 bridgehead atoms. The lowest BCUT2D eigenvalue weighted by Gasteiger charge is -2.18. The molecule has 2 rings (SSSR count). The fraction of sp³-hybridized carbons (Fsp3) is 0.294. The van der Waals surface area contributed by atoms with Crippen molar-refractivity contribution in [2.24, 2.45) is 5.84 Å². The first kappa shape index (κ1) is 14.6. The van der Waals surface area contributed by atoms with E-state index in [2.05, 4.69) is 54.8 Å². The van der Waals surface area contributed by atoms with E-state index in [1.54, 1.807) is 7.11 Å². The Kier molecular flexibility index (Phi) is 4.77. The SMILES string of the molecule is COc1cc(C(Cc2cccc(C)c2)NN)ccc1C. The van der Waals surface area contributed by atoms with E-state index in [0.717, 1.165) is 23.3 Å². The lowest BCUT2D eigenvalue weighted by molar-refractivity contribution is 0.410. The Balaban J connectivity index is 2.24. The predicted octanol–water partition coefficient (Wildman–Crippen LogP) is 3.06. The molecule has 2 aromatic rings. The minimum Gasteiger partial charge on any atom is -0.496 e. The number of benzene rings is 2. The average Bonchev–Trinajstić information content (AvgIpc) is 2.45. The van der Waals surface area contributed by atoms with Crippen molar-refractivity contribution in [2.45, 2.75) is 26.3 Å². The molecule has 0 radical (unpaired) electrons. The van der Waals surface area contributed by atoms with Crippen LogP contribution in [0.5, 0.6) is 5.75 Å². The Bertz CT molecular complexity index is 581. The van der Waals surface area contributed by atoms with Crippen LogP contribution in [0.15, 0.2) is 42.5 Å². The van der Waals surface area contributed by atoms with E-state index in [4.69, 9.17) is 10.6 Å². The summed E-state index contributed by atoms with van der Waals surface area (Å²) in [5.74, 6) is 6.62. The highest BCUT2D eigenvalue weighted by atomic mass is 16.5. The van der Waals surface area contributed by atoms with Gasteiger partial charge in [-0.25, -0.2) is 0 Å². The van der Waals surface area contributed by atoms with Gasteiger partial charge in [0.2, 0.25) is 0 Å². The lowest BCUT2D eigenvalue weighted by Crippen LogP contribution is -2.29. The van der Waals surface area contributed by atoms with Gasteiger partial charge in [0.25, 0.3) is 0 Å². The third kappa shape index (κ3) is 3.38. The number of nitrogens with two attached hydrogens (primary N) is 1. The molecule has 3 heteroatoms. The van der Waals surface area contributed by atoms with Crippen molar-refractivity contribution < 1.29 is 4.74 Å². The molecule has 0 heterocycles. The van der Waals surface area contributed by atoms with Crippen LogP contribution in [0.2, 0.25) is 0 Å². The molecule has 0 aliphatic heterocycles. The molecule has 0 aliphatic rings. The third-order valence-electron chi connectivity index (χ3n) is 3.56. The summed E-state index contributed by atoms with van der Waals surface area (Å²) in [6, 6.07) is 14.8. The van der Waals surface area contributed by atoms with Crippen LogP contribution in [0.4, 0.5) is 0 Å². The second-order valence-electron chi connectivity index (χ2n) is 5.14. The molecule has 1 unspecified atom stereocenters. The van der Waals surface area contributed by atoms with E-state index in [0.29, 0.717) is 0 Å². The fourth-order valence-electron chi connectivity index (χ4n) is 2.40. The molecule has 106 valence electrons. The molecular weight excluding hydrogens is 248 g/mol. The van der Waals surface area contributed by atoms with Crippen LogP contribution < -0.4 is 16.0 Å². The quantitative estimate of drug-likeness (QED) is 0.648. The van der Waals surface area contributed by atoms with E-state index in [9.17, 15) is 0 Å². The molecule has 0 aliphatic carbocycles. The summed E-state index contributed by atoms with van der Waals surface area (Å²) in [4.78, 5) is 0. The van der Waals surface area contributed by atoms with Crippen LogP contribution in [0.3, 0.4) is 0 Å². The molecule has 0 aromatic heterocycles. The summed E-state index contributed by atoms with van der Waals surface area (Å²) < 4.78 is 5.38. The maximum absolute atomic E-state index is 5.73. The lowest BCUT2D eigenvalue weighted by atomic mass is 9.97. The second-order valence-corrected chi connectivity index (χ2v) is 5.14. The minimum absolute atomic E-state index is 0.0753. The van der Waals surface area contributed by atoms with Gasteiger partial charge in [-0.2, -0.15) is 0 Å². The van der Waals surface area contributed by atoms with E-state index in [1.807, 2.05) is 6.92 Å². The number of methoxy groups -OCH3 is 1. The Labute approximate surface area is 120 Å². The number of rotatable bonds is 5. The molecule has 1 atom stereocenters. The predicted molar refractivity (Wildman–Crippen MR) is 82.7 cm³/mol. The van der Waals surface area contributed by atoms with Crippen molar-refractivity contribution in [1.29, 1.82) is 0 Å². The summed E-state index contributed by atoms with van der Waals surface area (Å²) in [7, 11) is 1.69. The normalized spacial score (nSPS) is 12.2. The zero-order chi connectivity index (χ0) is 14.5. The highest BCUT2D eigenvalue weighted by molar-refractivity contribution is 5.38. The van der Waals surface area contributed by atoms with Crippen molar-refractivity contribution in [1.82, 2.24) is 5.43 Å². The first-order valence-electron chi connectivity index (χ1n) is 6.80. The summed E-state index contributed by atoms with van der Waals surface area (Å²) in [6.07, 6.45) is 0.852. The minimum atomic E-state index is 0.0753. The summed E-state index contributed by atoms with van der Waals surface area (Å²) in [5.41, 5.74) is 7.70. The maximum atomic E-state index is 5.73. The van der Waals surface area contributed by atoms with Gasteiger partial charge < -0.3 is 4.74 Å². The number of hydrazine groups is 1. The summed E-state index contributed by atoms with van der Waals surface area (Å²) >= 11 is 0. The first-order valence-corrected chi connectivity index (χ1v) is 6.80. The van der Waals surface area contributed by atoms with Gasteiger partial charge in [0.1, 0.15) is 5.75 Å². The topological polar surface area (TPSA) is 47.3 Å². The molecule has 20 heavy (non-hydrogen) atoms. The maximum Gasteiger partial charge on any atom is 0.122 e. The zero-order valence-corrected chi connectivity index (χ0v) is 12.3. The van der Waals surface area contributed by atoms with Crippen LogP contribution in [0, 0.1) is 13.8 Å². The molecule has 0 amide bonds. The van der Waals surface area contributed by atoms with Crippen LogP contribution in [-0.2, 0) is 6.42 Å². The Morgan fingerprint density at radius 2 is 1.95 bits per heavy atom. The van der Waals surface area contributed by atoms with Crippen LogP contribution in [0.1, 0.15) is 28.3 Å². The van der Waals surface area contributed by atoms with Crippen molar-refractivity contribution >= 4 is 0 Å². The van der Waals surface area contributed by atoms with Crippen LogP contribution in [0.25, 0.3) is 0 Å². The molecule has 0 saturated carbocycles. The molecule has 0 spiro atoms. The number of ether oxygens (including phenoxy) is 1. The summed E-state index contributed by atoms with van der Waals surface area (Å²) in [6.45, 7) is 4.14. The average molecular weight is 270 g/mol. The number of aryl methyl sites for hydroxylation is 2. The van der Waals surface area contributed by atoms with Crippen molar-refractivity contribution in [3.63, 3.8) is 0 Å². The molecule has 3 nitrogen and oxygen atoms in total. The Morgan fingerprint density at radius 1 is 1.15 bits per heavy atom. The molecule has 0 saturated heterocycles. The van der Waals surface area contributed by atoms with Gasteiger partial charge in [-0.15, -0.1) is 0 Å². The summed E-state index contributed by atoms with van der Waals surface area (Å²) in [5, 5.41) is 0. The fourth-order valence-corrected chi connectivity index (χ4v) is 2.40. The van der Waals surface area contributed by atoms with Crippen LogP contribution in [-0.4, -0.2) is 7.11 Å². The molecular formula is C17H22N2O. The third-order valence-corrected chi connectivity index (χ3v) is 3.56. The monoisotopic (exact) mass is 270 g/mol. The standard InChI is InChI=1S/C17H22N2O/c1-12-5-4-6-14(9-12)10-16(19-18)15-8-7-13(2)17(11-15)20-3/h4-9,11,16,19H,10,18H2,1-3H3. The number of hydrogen-bond acceptors (Lipinski definition) is 3. The van der Waals surface area contributed by atoms with Crippen molar-refractivity contribution in [3.8, 4) is 5.75 Å². The van der Waals surface area contributed by atoms with E-state index >= 15 is 0 Å². The molecule has 0 fully saturated rings. The van der Waals surface area contributed by atoms with E-state index < -0.39 is 0 Å². The second kappa shape index (κ2) is 6.55. The van der Waals surface area contributed by atoms with Crippen LogP contribution >= 0.6 is 0 Å². The van der Waals surface area contributed by atoms with Gasteiger partial charge in [0, 0.05) is 0 Å². The first-order chi connectivity index (χ1) is 9.63. The van der Waals surface area contributed by atoms with Gasteiger partial charge in [0.05, 0.1) is 13.2 Å². The van der Waals surface area contributed by atoms with Gasteiger partial charge in [0.15, 0.2) is 0 Å². The zero-order valence-electron chi connectivity index (χ0n) is 12.3. The smallest absolute Gasteiger partial charge is 0.122 e.